The van der Waals surface area contributed by atoms with E-state index in [1.165, 1.54) is 4.90 Å². The van der Waals surface area contributed by atoms with Crippen molar-refractivity contribution in [3.8, 4) is 11.3 Å². The van der Waals surface area contributed by atoms with Gasteiger partial charge in [0.05, 0.1) is 11.9 Å². The number of aromatic nitrogens is 2. The summed E-state index contributed by atoms with van der Waals surface area (Å²) in [4.78, 5) is 39.4. The summed E-state index contributed by atoms with van der Waals surface area (Å²) < 4.78 is 11.4. The smallest absolute Gasteiger partial charge is 0.411 e. The number of amides is 1. The fourth-order valence-corrected chi connectivity index (χ4v) is 6.00. The Labute approximate surface area is 287 Å². The van der Waals surface area contributed by atoms with Crippen LogP contribution in [0.4, 0.5) is 16.4 Å². The first-order valence-corrected chi connectivity index (χ1v) is 16.7. The Bertz CT molecular complexity index is 1530. The Balaban J connectivity index is 1.46. The van der Waals surface area contributed by atoms with Crippen molar-refractivity contribution in [2.45, 2.75) is 97.7 Å². The van der Waals surface area contributed by atoms with E-state index in [-0.39, 0.29) is 11.9 Å². The lowest BCUT2D eigenvalue weighted by molar-refractivity contribution is -0.163. The maximum absolute atomic E-state index is 13.3. The Morgan fingerprint density at radius 1 is 1.02 bits per heavy atom. The van der Waals surface area contributed by atoms with Gasteiger partial charge in [0, 0.05) is 46.8 Å². The Kier molecular flexibility index (Phi) is 11.6. The molecule has 0 aliphatic carbocycles. The van der Waals surface area contributed by atoms with Gasteiger partial charge in [-0.2, -0.15) is 0 Å². The van der Waals surface area contributed by atoms with Gasteiger partial charge >= 0.3 is 12.1 Å². The molecule has 0 spiro atoms. The highest BCUT2D eigenvalue weighted by Crippen LogP contribution is 2.29. The van der Waals surface area contributed by atoms with E-state index >= 15 is 0 Å². The molecule has 1 aliphatic heterocycles. The number of nitrogens with one attached hydrogen (secondary N) is 1. The number of benzene rings is 2. The highest BCUT2D eigenvalue weighted by Gasteiger charge is 2.41. The molecule has 2 aromatic carbocycles. The molecular weight excluding hydrogens is 639 g/mol. The zero-order valence-electron chi connectivity index (χ0n) is 28.3. The number of nitrogens with zero attached hydrogens (tertiary/aromatic N) is 4. The summed E-state index contributed by atoms with van der Waals surface area (Å²) in [5.74, 6) is 0.299. The molecule has 2 heterocycles. The van der Waals surface area contributed by atoms with E-state index in [0.29, 0.717) is 54.0 Å². The number of ether oxygens (including phenoxy) is 2. The van der Waals surface area contributed by atoms with Crippen molar-refractivity contribution in [1.29, 1.82) is 0 Å². The van der Waals surface area contributed by atoms with Crippen LogP contribution in [-0.4, -0.2) is 68.2 Å². The van der Waals surface area contributed by atoms with E-state index < -0.39 is 29.3 Å². The van der Waals surface area contributed by atoms with Gasteiger partial charge in [-0.15, -0.1) is 0 Å². The maximum atomic E-state index is 13.3. The molecule has 0 saturated carbocycles. The van der Waals surface area contributed by atoms with Gasteiger partial charge < -0.3 is 20.5 Å². The second-order valence-corrected chi connectivity index (χ2v) is 14.5. The molecule has 1 amide bonds. The molecule has 4 rings (SSSR count). The lowest BCUT2D eigenvalue weighted by atomic mass is 9.95. The first-order chi connectivity index (χ1) is 22.0. The van der Waals surface area contributed by atoms with Crippen LogP contribution >= 0.6 is 23.2 Å². The highest BCUT2D eigenvalue weighted by atomic mass is 35.5. The first kappa shape index (κ1) is 36.2. The number of nitrogen functional groups attached to an aromatic ring is 1. The topological polar surface area (TPSA) is 123 Å². The van der Waals surface area contributed by atoms with Crippen molar-refractivity contribution in [3.05, 3.63) is 69.8 Å². The lowest BCUT2D eigenvalue weighted by Gasteiger charge is -2.43. The average Bonchev–Trinajstić information content (AvgIpc) is 2.99. The molecule has 2 atom stereocenters. The maximum Gasteiger partial charge on any atom is 0.411 e. The molecule has 10 nitrogen and oxygen atoms in total. The van der Waals surface area contributed by atoms with Crippen LogP contribution in [0.2, 0.25) is 10.0 Å². The molecule has 1 aromatic heterocycles. The number of carbonyl (C=O) groups is 2. The second-order valence-electron chi connectivity index (χ2n) is 13.7. The largest absolute Gasteiger partial charge is 0.458 e. The normalized spacial score (nSPS) is 17.0. The van der Waals surface area contributed by atoms with E-state index in [2.05, 4.69) is 34.3 Å². The van der Waals surface area contributed by atoms with Crippen molar-refractivity contribution in [2.24, 2.45) is 0 Å². The summed E-state index contributed by atoms with van der Waals surface area (Å²) in [6, 6.07) is 12.8. The third kappa shape index (κ3) is 9.95. The van der Waals surface area contributed by atoms with Gasteiger partial charge in [-0.1, -0.05) is 60.5 Å². The zero-order valence-corrected chi connectivity index (χ0v) is 29.8. The van der Waals surface area contributed by atoms with Gasteiger partial charge in [0.2, 0.25) is 0 Å². The van der Waals surface area contributed by atoms with Gasteiger partial charge in [0.15, 0.2) is 11.6 Å². The van der Waals surface area contributed by atoms with E-state index in [4.69, 9.17) is 43.4 Å². The number of likely N-dealkylation sites (tertiary alicyclic amines) is 1. The summed E-state index contributed by atoms with van der Waals surface area (Å²) in [7, 11) is 0. The number of anilines is 2. The molecule has 3 aromatic rings. The number of halogens is 2. The van der Waals surface area contributed by atoms with Crippen molar-refractivity contribution in [1.82, 2.24) is 19.8 Å². The van der Waals surface area contributed by atoms with E-state index in [1.54, 1.807) is 24.4 Å². The van der Waals surface area contributed by atoms with Crippen molar-refractivity contribution >= 4 is 46.9 Å². The predicted octanol–water partition coefficient (Wildman–Crippen LogP) is 7.58. The van der Waals surface area contributed by atoms with Gasteiger partial charge in [-0.05, 0) is 78.6 Å². The van der Waals surface area contributed by atoms with Gasteiger partial charge in [-0.3, -0.25) is 9.80 Å². The summed E-state index contributed by atoms with van der Waals surface area (Å²) in [6.07, 6.45) is 2.31. The molecule has 1 saturated heterocycles. The number of hydrogen-bond donors (Lipinski definition) is 2. The molecular formula is C35H46Cl2N6O4. The molecule has 0 bridgehead atoms. The van der Waals surface area contributed by atoms with Crippen LogP contribution in [0.25, 0.3) is 11.3 Å². The van der Waals surface area contributed by atoms with Crippen molar-refractivity contribution < 1.29 is 19.1 Å². The number of hydrogen-bond acceptors (Lipinski definition) is 9. The Morgan fingerprint density at radius 3 is 2.26 bits per heavy atom. The Morgan fingerprint density at radius 2 is 1.66 bits per heavy atom. The van der Waals surface area contributed by atoms with Crippen LogP contribution in [0, 0.1) is 0 Å². The summed E-state index contributed by atoms with van der Waals surface area (Å²) in [5.41, 5.74) is 8.18. The van der Waals surface area contributed by atoms with Crippen LogP contribution < -0.4 is 11.1 Å². The number of nitrogens with two attached hydrogens (primary N) is 1. The Hall–Kier alpha value is -3.60. The third-order valence-electron chi connectivity index (χ3n) is 7.73. The van der Waals surface area contributed by atoms with E-state index in [0.717, 1.165) is 23.2 Å². The van der Waals surface area contributed by atoms with Crippen LogP contribution in [-0.2, 0) is 27.4 Å². The number of esters is 1. The SMILES string of the molecule is CCN(Cc1ccc(-c2cnc(N)c(NCc3c(Cl)cccc3Cl)n2)cc1)C1CCN(C(=O)OC(C)(C)C)[C@@H](C(=O)OC(C)(C)C)C1. The molecule has 3 N–H and O–H groups in total. The minimum atomic E-state index is -0.736. The van der Waals surface area contributed by atoms with Crippen molar-refractivity contribution in [3.63, 3.8) is 0 Å². The monoisotopic (exact) mass is 684 g/mol. The molecule has 0 radical (unpaired) electrons. The summed E-state index contributed by atoms with van der Waals surface area (Å²) >= 11 is 12.6. The molecule has 12 heteroatoms. The van der Waals surface area contributed by atoms with Crippen LogP contribution in [0.1, 0.15) is 72.4 Å². The molecule has 47 heavy (non-hydrogen) atoms. The minimum Gasteiger partial charge on any atom is -0.458 e. The fraction of sp³-hybridized carbons (Fsp3) is 0.486. The molecule has 254 valence electrons. The average molecular weight is 686 g/mol. The van der Waals surface area contributed by atoms with E-state index in [1.807, 2.05) is 53.7 Å². The van der Waals surface area contributed by atoms with Gasteiger partial charge in [-0.25, -0.2) is 19.6 Å². The number of rotatable bonds is 9. The molecule has 1 aliphatic rings. The molecule has 1 unspecified atom stereocenters. The second kappa shape index (κ2) is 15.1. The number of carbonyl (C=O) groups excluding carboxylic acids is 2. The number of piperidine rings is 1. The minimum absolute atomic E-state index is 0.0686. The third-order valence-corrected chi connectivity index (χ3v) is 8.44. The van der Waals surface area contributed by atoms with Crippen molar-refractivity contribution in [2.75, 3.05) is 24.1 Å². The zero-order chi connectivity index (χ0) is 34.5. The van der Waals surface area contributed by atoms with Crippen LogP contribution in [0.15, 0.2) is 48.7 Å². The van der Waals surface area contributed by atoms with E-state index in [9.17, 15) is 9.59 Å². The fourth-order valence-electron chi connectivity index (χ4n) is 5.47. The standard InChI is InChI=1S/C35H46Cl2N6O4/c1-8-42(24-16-17-43(33(45)47-35(5,6)7)29(18-24)32(44)46-34(2,3)4)21-22-12-14-23(15-13-22)28-20-39-30(38)31(41-28)40-19-25-26(36)10-9-11-27(25)37/h9-15,20,24,29H,8,16-19,21H2,1-7H3,(H2,38,39)(H,40,41)/t24?,29-/m1/s1. The van der Waals surface area contributed by atoms with Gasteiger partial charge in [0.1, 0.15) is 17.2 Å². The molecule has 1 fully saturated rings. The predicted molar refractivity (Wildman–Crippen MR) is 187 cm³/mol. The van der Waals surface area contributed by atoms with Crippen LogP contribution in [0.3, 0.4) is 0 Å². The first-order valence-electron chi connectivity index (χ1n) is 15.9. The summed E-state index contributed by atoms with van der Waals surface area (Å²) in [5, 5.41) is 4.32. The summed E-state index contributed by atoms with van der Waals surface area (Å²) in [6.45, 7) is 15.2. The van der Waals surface area contributed by atoms with Gasteiger partial charge in [0.25, 0.3) is 0 Å². The quantitative estimate of drug-likeness (QED) is 0.220. The van der Waals surface area contributed by atoms with Crippen LogP contribution in [0.5, 0.6) is 0 Å². The lowest BCUT2D eigenvalue weighted by Crippen LogP contribution is -2.56. The highest BCUT2D eigenvalue weighted by molar-refractivity contribution is 6.36.